The predicted molar refractivity (Wildman–Crippen MR) is 84.5 cm³/mol. The highest BCUT2D eigenvalue weighted by molar-refractivity contribution is 6.32. The number of ether oxygens (including phenoxy) is 4. The quantitative estimate of drug-likeness (QED) is 0.787. The van der Waals surface area contributed by atoms with Crippen molar-refractivity contribution in [2.24, 2.45) is 0 Å². The summed E-state index contributed by atoms with van der Waals surface area (Å²) in [4.78, 5) is 12.2. The van der Waals surface area contributed by atoms with Crippen LogP contribution in [0.2, 0.25) is 5.02 Å². The van der Waals surface area contributed by atoms with E-state index in [2.05, 4.69) is 0 Å². The number of esters is 1. The van der Waals surface area contributed by atoms with Gasteiger partial charge in [0, 0.05) is 0 Å². The summed E-state index contributed by atoms with van der Waals surface area (Å²) in [5, 5.41) is 0.376. The molecule has 1 heterocycles. The number of hydrogen-bond acceptors (Lipinski definition) is 5. The largest absolute Gasteiger partial charge is 0.496 e. The van der Waals surface area contributed by atoms with Crippen molar-refractivity contribution in [1.82, 2.24) is 0 Å². The van der Waals surface area contributed by atoms with Gasteiger partial charge in [0.2, 0.25) is 0 Å². The molecule has 24 heavy (non-hydrogen) atoms. The third kappa shape index (κ3) is 3.38. The molecule has 3 rings (SSSR count). The minimum absolute atomic E-state index is 0.0149. The number of hydrogen-bond donors (Lipinski definition) is 0. The molecule has 0 aliphatic carbocycles. The van der Waals surface area contributed by atoms with E-state index < -0.39 is 11.8 Å². The van der Waals surface area contributed by atoms with Crippen molar-refractivity contribution in [1.29, 1.82) is 0 Å². The molecule has 0 atom stereocenters. The molecular weight excluding hydrogens is 339 g/mol. The van der Waals surface area contributed by atoms with Crippen LogP contribution in [0.4, 0.5) is 4.39 Å². The number of rotatable bonds is 4. The van der Waals surface area contributed by atoms with Gasteiger partial charge in [-0.15, -0.1) is 0 Å². The van der Waals surface area contributed by atoms with Gasteiger partial charge in [-0.2, -0.15) is 0 Å². The molecule has 0 fully saturated rings. The minimum Gasteiger partial charge on any atom is -0.496 e. The Labute approximate surface area is 142 Å². The lowest BCUT2D eigenvalue weighted by Gasteiger charge is -2.20. The van der Waals surface area contributed by atoms with Crippen molar-refractivity contribution in [2.45, 2.75) is 6.61 Å². The summed E-state index contributed by atoms with van der Waals surface area (Å²) in [7, 11) is 1.39. The van der Waals surface area contributed by atoms with Crippen LogP contribution in [0.3, 0.4) is 0 Å². The van der Waals surface area contributed by atoms with Gasteiger partial charge in [-0.3, -0.25) is 0 Å². The summed E-state index contributed by atoms with van der Waals surface area (Å²) in [5.74, 6) is -0.0305. The van der Waals surface area contributed by atoms with Gasteiger partial charge in [-0.25, -0.2) is 9.18 Å². The second-order valence-corrected chi connectivity index (χ2v) is 5.43. The zero-order valence-electron chi connectivity index (χ0n) is 12.8. The Kier molecular flexibility index (Phi) is 4.76. The van der Waals surface area contributed by atoms with E-state index in [4.69, 9.17) is 30.5 Å². The molecule has 7 heteroatoms. The lowest BCUT2D eigenvalue weighted by molar-refractivity contribution is 0.0467. The molecule has 0 spiro atoms. The van der Waals surface area contributed by atoms with Crippen LogP contribution < -0.4 is 14.2 Å². The van der Waals surface area contributed by atoms with Crippen LogP contribution in [0, 0.1) is 5.82 Å². The Balaban J connectivity index is 1.75. The molecule has 1 aliphatic rings. The van der Waals surface area contributed by atoms with E-state index in [1.54, 1.807) is 12.1 Å². The van der Waals surface area contributed by atoms with Crippen LogP contribution in [-0.4, -0.2) is 26.3 Å². The monoisotopic (exact) mass is 352 g/mol. The van der Waals surface area contributed by atoms with Crippen molar-refractivity contribution < 1.29 is 28.1 Å². The molecule has 0 N–H and O–H groups in total. The van der Waals surface area contributed by atoms with Crippen LogP contribution >= 0.6 is 11.6 Å². The lowest BCUT2D eigenvalue weighted by Crippen LogP contribution is -2.16. The van der Waals surface area contributed by atoms with E-state index in [-0.39, 0.29) is 17.9 Å². The fourth-order valence-electron chi connectivity index (χ4n) is 2.31. The average molecular weight is 353 g/mol. The highest BCUT2D eigenvalue weighted by Gasteiger charge is 2.19. The topological polar surface area (TPSA) is 54.0 Å². The molecule has 126 valence electrons. The summed E-state index contributed by atoms with van der Waals surface area (Å²) in [6.07, 6.45) is 0. The summed E-state index contributed by atoms with van der Waals surface area (Å²) in [5.41, 5.74) is 0.647. The van der Waals surface area contributed by atoms with Gasteiger partial charge in [0.15, 0.2) is 11.5 Å². The normalized spacial score (nSPS) is 12.6. The van der Waals surface area contributed by atoms with Crippen molar-refractivity contribution in [3.8, 4) is 17.2 Å². The third-order valence-electron chi connectivity index (χ3n) is 3.41. The van der Waals surface area contributed by atoms with Crippen LogP contribution in [0.5, 0.6) is 17.2 Å². The number of methoxy groups -OCH3 is 1. The van der Waals surface area contributed by atoms with Crippen LogP contribution in [0.1, 0.15) is 15.9 Å². The number of fused-ring (bicyclic) bond motifs is 1. The first-order chi connectivity index (χ1) is 11.6. The molecule has 0 saturated heterocycles. The minimum atomic E-state index is -0.697. The zero-order chi connectivity index (χ0) is 17.1. The number of benzene rings is 2. The molecule has 0 bridgehead atoms. The summed E-state index contributed by atoms with van der Waals surface area (Å²) in [6.45, 7) is 0.808. The summed E-state index contributed by atoms with van der Waals surface area (Å²) < 4.78 is 34.5. The summed E-state index contributed by atoms with van der Waals surface area (Å²) >= 11 is 6.13. The third-order valence-corrected chi connectivity index (χ3v) is 3.69. The van der Waals surface area contributed by atoms with E-state index in [0.29, 0.717) is 35.3 Å². The van der Waals surface area contributed by atoms with Gasteiger partial charge in [-0.1, -0.05) is 11.6 Å². The molecule has 5 nitrogen and oxygen atoms in total. The molecule has 0 radical (unpaired) electrons. The zero-order valence-corrected chi connectivity index (χ0v) is 13.6. The second-order valence-electron chi connectivity index (χ2n) is 5.02. The molecule has 2 aromatic rings. The van der Waals surface area contributed by atoms with E-state index in [0.717, 1.165) is 6.07 Å². The van der Waals surface area contributed by atoms with Gasteiger partial charge in [-0.05, 0) is 35.9 Å². The maximum atomic E-state index is 13.3. The van der Waals surface area contributed by atoms with Gasteiger partial charge >= 0.3 is 5.97 Å². The molecule has 1 aliphatic heterocycles. The molecule has 0 aromatic heterocycles. The molecular formula is C17H14ClFO5. The summed E-state index contributed by atoms with van der Waals surface area (Å²) in [6, 6.07) is 6.96. The Morgan fingerprint density at radius 1 is 1.25 bits per heavy atom. The first kappa shape index (κ1) is 16.4. The number of carbonyl (C=O) groups excluding carboxylic acids is 1. The predicted octanol–water partition coefficient (Wildman–Crippen LogP) is 3.62. The Morgan fingerprint density at radius 2 is 2.04 bits per heavy atom. The van der Waals surface area contributed by atoms with Gasteiger partial charge in [0.1, 0.15) is 37.0 Å². The van der Waals surface area contributed by atoms with Gasteiger partial charge < -0.3 is 18.9 Å². The van der Waals surface area contributed by atoms with Crippen molar-refractivity contribution >= 4 is 17.6 Å². The number of halogens is 2. The highest BCUT2D eigenvalue weighted by Crippen LogP contribution is 2.38. The lowest BCUT2D eigenvalue weighted by atomic mass is 10.2. The SMILES string of the molecule is COc1ccc(F)cc1C(=O)OCc1cc(Cl)c2c(c1)OCCO2. The maximum Gasteiger partial charge on any atom is 0.342 e. The smallest absolute Gasteiger partial charge is 0.342 e. The highest BCUT2D eigenvalue weighted by atomic mass is 35.5. The van der Waals surface area contributed by atoms with Crippen LogP contribution in [0.25, 0.3) is 0 Å². The Morgan fingerprint density at radius 3 is 2.83 bits per heavy atom. The molecule has 0 amide bonds. The second kappa shape index (κ2) is 6.97. The standard InChI is InChI=1S/C17H14ClFO5/c1-21-14-3-2-11(19)8-12(14)17(20)24-9-10-6-13(18)16-15(7-10)22-4-5-23-16/h2-3,6-8H,4-5,9H2,1H3. The van der Waals surface area contributed by atoms with E-state index in [9.17, 15) is 9.18 Å². The first-order valence-corrected chi connectivity index (χ1v) is 7.55. The van der Waals surface area contributed by atoms with Gasteiger partial charge in [0.25, 0.3) is 0 Å². The van der Waals surface area contributed by atoms with Gasteiger partial charge in [0.05, 0.1) is 12.1 Å². The fourth-order valence-corrected chi connectivity index (χ4v) is 2.60. The van der Waals surface area contributed by atoms with Crippen LogP contribution in [0.15, 0.2) is 30.3 Å². The maximum absolute atomic E-state index is 13.3. The molecule has 2 aromatic carbocycles. The molecule has 0 saturated carbocycles. The fraction of sp³-hybridized carbons (Fsp3) is 0.235. The Bertz CT molecular complexity index is 778. The van der Waals surface area contributed by atoms with E-state index in [1.807, 2.05) is 0 Å². The van der Waals surface area contributed by atoms with E-state index >= 15 is 0 Å². The first-order valence-electron chi connectivity index (χ1n) is 7.17. The van der Waals surface area contributed by atoms with Crippen LogP contribution in [-0.2, 0) is 11.3 Å². The Hall–Kier alpha value is -2.47. The van der Waals surface area contributed by atoms with E-state index in [1.165, 1.54) is 19.2 Å². The molecule has 0 unspecified atom stereocenters. The van der Waals surface area contributed by atoms with Crippen molar-refractivity contribution in [3.05, 3.63) is 52.3 Å². The van der Waals surface area contributed by atoms with Crippen molar-refractivity contribution in [3.63, 3.8) is 0 Å². The van der Waals surface area contributed by atoms with Crippen molar-refractivity contribution in [2.75, 3.05) is 20.3 Å². The average Bonchev–Trinajstić information content (AvgIpc) is 2.59. The number of carbonyl (C=O) groups is 1.